The molecule has 0 amide bonds. The van der Waals surface area contributed by atoms with Gasteiger partial charge in [0.15, 0.2) is 4.77 Å². The van der Waals surface area contributed by atoms with Crippen molar-refractivity contribution in [1.29, 1.82) is 0 Å². The number of imidazole rings is 1. The smallest absolute Gasteiger partial charge is 0.182 e. The van der Waals surface area contributed by atoms with Gasteiger partial charge < -0.3 is 4.98 Å². The normalized spacial score (nSPS) is 11.9. The summed E-state index contributed by atoms with van der Waals surface area (Å²) >= 11 is 8.59. The van der Waals surface area contributed by atoms with E-state index in [1.54, 1.807) is 6.07 Å². The first-order valence-corrected chi connectivity index (χ1v) is 7.19. The summed E-state index contributed by atoms with van der Waals surface area (Å²) in [6, 6.07) is 3.28. The molecule has 1 heterocycles. The summed E-state index contributed by atoms with van der Waals surface area (Å²) in [6.07, 6.45) is 1.92. The van der Waals surface area contributed by atoms with Crippen LogP contribution in [0.3, 0.4) is 0 Å². The van der Waals surface area contributed by atoms with Crippen molar-refractivity contribution in [1.82, 2.24) is 9.55 Å². The monoisotopic (exact) mass is 342 g/mol. The SMILES string of the molecule is Cc1cc(F)c(Br)cc1-n1c(C(C)(C)C)c[nH]c1=S. The van der Waals surface area contributed by atoms with Crippen LogP contribution < -0.4 is 0 Å². The summed E-state index contributed by atoms with van der Waals surface area (Å²) in [5.74, 6) is -0.263. The number of nitrogens with one attached hydrogen (secondary N) is 1. The number of aryl methyl sites for hydroxylation is 1. The van der Waals surface area contributed by atoms with Gasteiger partial charge >= 0.3 is 0 Å². The fourth-order valence-electron chi connectivity index (χ4n) is 2.04. The van der Waals surface area contributed by atoms with Gasteiger partial charge in [0, 0.05) is 17.3 Å². The molecule has 2 rings (SSSR count). The molecule has 2 aromatic rings. The molecule has 1 N–H and O–H groups in total. The quantitative estimate of drug-likeness (QED) is 0.719. The Morgan fingerprint density at radius 3 is 2.53 bits per heavy atom. The standard InChI is InChI=1S/C14H16BrFN2S/c1-8-5-10(16)9(15)6-11(8)18-12(14(2,3)4)7-17-13(18)19/h5-7H,1-4H3,(H,17,19). The van der Waals surface area contributed by atoms with Crippen molar-refractivity contribution < 1.29 is 4.39 Å². The number of halogens is 2. The molecule has 1 aromatic carbocycles. The lowest BCUT2D eigenvalue weighted by Crippen LogP contribution is -2.17. The second kappa shape index (κ2) is 4.87. The second-order valence-corrected chi connectivity index (χ2v) is 6.86. The van der Waals surface area contributed by atoms with Gasteiger partial charge in [0.1, 0.15) is 5.82 Å². The topological polar surface area (TPSA) is 20.7 Å². The first-order valence-electron chi connectivity index (χ1n) is 5.98. The fourth-order valence-corrected chi connectivity index (χ4v) is 2.62. The van der Waals surface area contributed by atoms with E-state index < -0.39 is 0 Å². The van der Waals surface area contributed by atoms with Crippen LogP contribution in [0, 0.1) is 17.5 Å². The van der Waals surface area contributed by atoms with Crippen LogP contribution in [0.25, 0.3) is 5.69 Å². The number of benzene rings is 1. The molecule has 1 aromatic heterocycles. The van der Waals surface area contributed by atoms with Gasteiger partial charge in [-0.1, -0.05) is 20.8 Å². The minimum absolute atomic E-state index is 0.0547. The Bertz CT molecular complexity index is 680. The zero-order valence-electron chi connectivity index (χ0n) is 11.3. The number of rotatable bonds is 1. The predicted molar refractivity (Wildman–Crippen MR) is 82.0 cm³/mol. The van der Waals surface area contributed by atoms with Crippen molar-refractivity contribution in [3.8, 4) is 5.69 Å². The Kier molecular flexibility index (Phi) is 3.71. The third kappa shape index (κ3) is 2.67. The first kappa shape index (κ1) is 14.5. The van der Waals surface area contributed by atoms with E-state index in [0.717, 1.165) is 16.9 Å². The molecule has 0 saturated carbocycles. The summed E-state index contributed by atoms with van der Waals surface area (Å²) in [4.78, 5) is 3.07. The van der Waals surface area contributed by atoms with Gasteiger partial charge in [-0.05, 0) is 52.8 Å². The van der Waals surface area contributed by atoms with E-state index in [0.29, 0.717) is 9.24 Å². The Morgan fingerprint density at radius 2 is 1.95 bits per heavy atom. The largest absolute Gasteiger partial charge is 0.337 e. The molecule has 0 atom stereocenters. The molecule has 0 aliphatic rings. The summed E-state index contributed by atoms with van der Waals surface area (Å²) in [7, 11) is 0. The van der Waals surface area contributed by atoms with Crippen LogP contribution in [0.15, 0.2) is 22.8 Å². The van der Waals surface area contributed by atoms with Crippen molar-refractivity contribution in [2.45, 2.75) is 33.1 Å². The van der Waals surface area contributed by atoms with Crippen molar-refractivity contribution in [3.05, 3.63) is 44.6 Å². The molecule has 0 unspecified atom stereocenters. The van der Waals surface area contributed by atoms with Gasteiger partial charge in [-0.2, -0.15) is 0 Å². The van der Waals surface area contributed by atoms with E-state index in [9.17, 15) is 4.39 Å². The van der Waals surface area contributed by atoms with Crippen LogP contribution in [-0.4, -0.2) is 9.55 Å². The predicted octanol–water partition coefficient (Wildman–Crippen LogP) is 5.04. The molecule has 2 nitrogen and oxygen atoms in total. The highest BCUT2D eigenvalue weighted by molar-refractivity contribution is 9.10. The van der Waals surface area contributed by atoms with Gasteiger partial charge in [0.25, 0.3) is 0 Å². The molecule has 0 fully saturated rings. The number of aromatic nitrogens is 2. The van der Waals surface area contributed by atoms with Crippen LogP contribution in [-0.2, 0) is 5.41 Å². The highest BCUT2D eigenvalue weighted by Crippen LogP contribution is 2.29. The zero-order chi connectivity index (χ0) is 14.4. The van der Waals surface area contributed by atoms with Gasteiger partial charge in [0.05, 0.1) is 10.2 Å². The Labute approximate surface area is 125 Å². The Morgan fingerprint density at radius 1 is 1.32 bits per heavy atom. The van der Waals surface area contributed by atoms with Crippen LogP contribution in [0.4, 0.5) is 4.39 Å². The van der Waals surface area contributed by atoms with E-state index in [-0.39, 0.29) is 11.2 Å². The Hall–Kier alpha value is -0.940. The van der Waals surface area contributed by atoms with E-state index in [4.69, 9.17) is 12.2 Å². The number of hydrogen-bond acceptors (Lipinski definition) is 1. The molecule has 0 aliphatic heterocycles. The highest BCUT2D eigenvalue weighted by Gasteiger charge is 2.21. The molecule has 19 heavy (non-hydrogen) atoms. The van der Waals surface area contributed by atoms with Crippen molar-refractivity contribution in [2.24, 2.45) is 0 Å². The lowest BCUT2D eigenvalue weighted by molar-refractivity contribution is 0.555. The molecular formula is C14H16BrFN2S. The van der Waals surface area contributed by atoms with Crippen LogP contribution in [0.5, 0.6) is 0 Å². The molecule has 0 bridgehead atoms. The average Bonchev–Trinajstić information content (AvgIpc) is 2.65. The summed E-state index contributed by atoms with van der Waals surface area (Å²) < 4.78 is 16.6. The van der Waals surface area contributed by atoms with Gasteiger partial charge in [-0.15, -0.1) is 0 Å². The minimum atomic E-state index is -0.263. The maximum atomic E-state index is 13.5. The molecule has 0 saturated heterocycles. The fraction of sp³-hybridized carbons (Fsp3) is 0.357. The first-order chi connectivity index (χ1) is 8.71. The van der Waals surface area contributed by atoms with Crippen LogP contribution in [0.2, 0.25) is 0 Å². The zero-order valence-corrected chi connectivity index (χ0v) is 13.7. The molecule has 0 radical (unpaired) electrons. The molecule has 0 aliphatic carbocycles. The van der Waals surface area contributed by atoms with Gasteiger partial charge in [-0.3, -0.25) is 4.57 Å². The molecule has 0 spiro atoms. The maximum absolute atomic E-state index is 13.5. The highest BCUT2D eigenvalue weighted by atomic mass is 79.9. The molecular weight excluding hydrogens is 327 g/mol. The summed E-state index contributed by atoms with van der Waals surface area (Å²) in [5, 5.41) is 0. The van der Waals surface area contributed by atoms with E-state index in [1.807, 2.05) is 17.7 Å². The van der Waals surface area contributed by atoms with E-state index in [2.05, 4.69) is 41.7 Å². The van der Waals surface area contributed by atoms with Crippen LogP contribution >= 0.6 is 28.1 Å². The number of nitrogens with zero attached hydrogens (tertiary/aromatic N) is 1. The third-order valence-corrected chi connectivity index (χ3v) is 3.93. The number of H-pyrrole nitrogens is 1. The number of hydrogen-bond donors (Lipinski definition) is 1. The van der Waals surface area contributed by atoms with E-state index >= 15 is 0 Å². The maximum Gasteiger partial charge on any atom is 0.182 e. The Balaban J connectivity index is 2.76. The minimum Gasteiger partial charge on any atom is -0.337 e. The van der Waals surface area contributed by atoms with Crippen molar-refractivity contribution in [2.75, 3.05) is 0 Å². The molecule has 5 heteroatoms. The van der Waals surface area contributed by atoms with Crippen molar-refractivity contribution >= 4 is 28.1 Å². The number of aromatic amines is 1. The lowest BCUT2D eigenvalue weighted by atomic mass is 9.92. The third-order valence-electron chi connectivity index (χ3n) is 3.02. The average molecular weight is 343 g/mol. The van der Waals surface area contributed by atoms with E-state index in [1.165, 1.54) is 6.07 Å². The van der Waals surface area contributed by atoms with Crippen LogP contribution in [0.1, 0.15) is 32.0 Å². The summed E-state index contributed by atoms with van der Waals surface area (Å²) in [6.45, 7) is 8.24. The van der Waals surface area contributed by atoms with Gasteiger partial charge in [-0.25, -0.2) is 4.39 Å². The second-order valence-electron chi connectivity index (χ2n) is 5.62. The molecule has 102 valence electrons. The lowest BCUT2D eigenvalue weighted by Gasteiger charge is -2.22. The van der Waals surface area contributed by atoms with Crippen molar-refractivity contribution in [3.63, 3.8) is 0 Å². The van der Waals surface area contributed by atoms with Gasteiger partial charge in [0.2, 0.25) is 0 Å². The summed E-state index contributed by atoms with van der Waals surface area (Å²) in [5.41, 5.74) is 2.76.